The van der Waals surface area contributed by atoms with Gasteiger partial charge in [-0.15, -0.1) is 11.6 Å². The number of carbonyl (C=O) groups excluding carboxylic acids is 1. The molecule has 0 saturated carbocycles. The van der Waals surface area contributed by atoms with Crippen LogP contribution in [-0.2, 0) is 9.53 Å². The first kappa shape index (κ1) is 19.3. The summed E-state index contributed by atoms with van der Waals surface area (Å²) in [5.74, 6) is 1.71. The molecule has 0 aliphatic carbocycles. The van der Waals surface area contributed by atoms with Gasteiger partial charge in [0.05, 0.1) is 6.04 Å². The van der Waals surface area contributed by atoms with E-state index >= 15 is 0 Å². The Morgan fingerprint density at radius 3 is 2.32 bits per heavy atom. The van der Waals surface area contributed by atoms with E-state index in [2.05, 4.69) is 33.0 Å². The fraction of sp³-hybridized carbons (Fsp3) is 0.882. The van der Waals surface area contributed by atoms with Crippen LogP contribution in [0.3, 0.4) is 0 Å². The van der Waals surface area contributed by atoms with Crippen LogP contribution in [0.25, 0.3) is 0 Å². The Bertz CT molecular complexity index is 403. The highest BCUT2D eigenvalue weighted by Crippen LogP contribution is 2.33. The minimum atomic E-state index is -0.678. The van der Waals surface area contributed by atoms with Crippen molar-refractivity contribution in [1.29, 1.82) is 0 Å². The van der Waals surface area contributed by atoms with Gasteiger partial charge in [-0.25, -0.2) is 4.99 Å². The SMILES string of the molecule is CCC(CC)(C(=O)N[C@@H](CCl)C(C)C)C1=N[C@@H](C(C)C)CO1. The first-order valence-corrected chi connectivity index (χ1v) is 8.93. The lowest BCUT2D eigenvalue weighted by Crippen LogP contribution is -2.51. The average molecular weight is 331 g/mol. The average Bonchev–Trinajstić information content (AvgIpc) is 2.96. The topological polar surface area (TPSA) is 50.7 Å². The number of hydrogen-bond acceptors (Lipinski definition) is 3. The maximum absolute atomic E-state index is 12.9. The minimum absolute atomic E-state index is 0.0139. The fourth-order valence-electron chi connectivity index (χ4n) is 2.65. The summed E-state index contributed by atoms with van der Waals surface area (Å²) in [5.41, 5.74) is -0.678. The lowest BCUT2D eigenvalue weighted by Gasteiger charge is -2.32. The van der Waals surface area contributed by atoms with Crippen molar-refractivity contribution in [1.82, 2.24) is 5.32 Å². The second kappa shape index (κ2) is 8.19. The molecule has 0 bridgehead atoms. The number of hydrogen-bond donors (Lipinski definition) is 1. The molecular formula is C17H31ClN2O2. The zero-order valence-corrected chi connectivity index (χ0v) is 15.5. The predicted molar refractivity (Wildman–Crippen MR) is 92.5 cm³/mol. The van der Waals surface area contributed by atoms with Crippen molar-refractivity contribution < 1.29 is 9.53 Å². The third kappa shape index (κ3) is 3.95. The highest BCUT2D eigenvalue weighted by Gasteiger charge is 2.45. The van der Waals surface area contributed by atoms with Crippen LogP contribution in [0, 0.1) is 17.3 Å². The molecule has 4 nitrogen and oxygen atoms in total. The highest BCUT2D eigenvalue weighted by atomic mass is 35.5. The first-order valence-electron chi connectivity index (χ1n) is 8.40. The van der Waals surface area contributed by atoms with Crippen molar-refractivity contribution in [2.75, 3.05) is 12.5 Å². The summed E-state index contributed by atoms with van der Waals surface area (Å²) in [6, 6.07) is 0.115. The van der Waals surface area contributed by atoms with Crippen LogP contribution in [0.15, 0.2) is 4.99 Å². The minimum Gasteiger partial charge on any atom is -0.478 e. The molecule has 0 spiro atoms. The largest absolute Gasteiger partial charge is 0.478 e. The fourth-order valence-corrected chi connectivity index (χ4v) is 3.09. The van der Waals surface area contributed by atoms with E-state index in [1.54, 1.807) is 0 Å². The second-order valence-corrected chi connectivity index (χ2v) is 7.13. The van der Waals surface area contributed by atoms with Crippen molar-refractivity contribution in [3.05, 3.63) is 0 Å². The van der Waals surface area contributed by atoms with Crippen molar-refractivity contribution in [3.8, 4) is 0 Å². The normalized spacial score (nSPS) is 20.0. The molecule has 1 aliphatic heterocycles. The number of alkyl halides is 1. The molecule has 0 aromatic rings. The summed E-state index contributed by atoms with van der Waals surface area (Å²) in [4.78, 5) is 17.6. The number of ether oxygens (including phenoxy) is 1. The molecule has 1 rings (SSSR count). The third-order valence-electron chi connectivity index (χ3n) is 4.78. The molecule has 0 aromatic carbocycles. The Morgan fingerprint density at radius 1 is 1.36 bits per heavy atom. The van der Waals surface area contributed by atoms with E-state index in [4.69, 9.17) is 21.3 Å². The third-order valence-corrected chi connectivity index (χ3v) is 5.11. The van der Waals surface area contributed by atoms with Gasteiger partial charge in [-0.1, -0.05) is 41.5 Å². The van der Waals surface area contributed by atoms with Crippen molar-refractivity contribution in [2.45, 2.75) is 66.5 Å². The van der Waals surface area contributed by atoms with Gasteiger partial charge in [-0.2, -0.15) is 0 Å². The molecule has 0 saturated heterocycles. The van der Waals surface area contributed by atoms with Gasteiger partial charge < -0.3 is 10.1 Å². The number of amides is 1. The van der Waals surface area contributed by atoms with Gasteiger partial charge in [0, 0.05) is 11.9 Å². The summed E-state index contributed by atoms with van der Waals surface area (Å²) in [6.07, 6.45) is 1.35. The number of carbonyl (C=O) groups is 1. The Hall–Kier alpha value is -0.770. The molecule has 5 heteroatoms. The van der Waals surface area contributed by atoms with Crippen LogP contribution in [-0.4, -0.2) is 36.4 Å². The van der Waals surface area contributed by atoms with E-state index in [9.17, 15) is 4.79 Å². The maximum Gasteiger partial charge on any atom is 0.235 e. The number of aliphatic imine (C=N–C) groups is 1. The van der Waals surface area contributed by atoms with Crippen LogP contribution in [0.1, 0.15) is 54.4 Å². The number of nitrogens with one attached hydrogen (secondary N) is 1. The second-order valence-electron chi connectivity index (χ2n) is 6.82. The van der Waals surface area contributed by atoms with Gasteiger partial charge in [0.2, 0.25) is 5.91 Å². The molecule has 1 aliphatic rings. The molecular weight excluding hydrogens is 300 g/mol. The van der Waals surface area contributed by atoms with E-state index < -0.39 is 5.41 Å². The molecule has 22 heavy (non-hydrogen) atoms. The van der Waals surface area contributed by atoms with E-state index in [-0.39, 0.29) is 18.0 Å². The number of rotatable bonds is 8. The van der Waals surface area contributed by atoms with Gasteiger partial charge >= 0.3 is 0 Å². The van der Waals surface area contributed by atoms with Gasteiger partial charge in [0.1, 0.15) is 12.0 Å². The molecule has 1 amide bonds. The standard InChI is InChI=1S/C17H31ClN2O2/c1-7-17(8-2,15(21)19-13(9-18)11(3)4)16-20-14(10-22-16)12(5)6/h11-14H,7-10H2,1-6H3,(H,19,21)/t13-,14+/m0/s1. The lowest BCUT2D eigenvalue weighted by molar-refractivity contribution is -0.129. The van der Waals surface area contributed by atoms with Crippen LogP contribution in [0.4, 0.5) is 0 Å². The zero-order valence-electron chi connectivity index (χ0n) is 14.8. The summed E-state index contributed by atoms with van der Waals surface area (Å²) in [5, 5.41) is 3.10. The van der Waals surface area contributed by atoms with Gasteiger partial charge in [0.15, 0.2) is 5.90 Å². The monoisotopic (exact) mass is 330 g/mol. The van der Waals surface area contributed by atoms with Gasteiger partial charge in [0.25, 0.3) is 0 Å². The molecule has 0 aromatic heterocycles. The van der Waals surface area contributed by atoms with E-state index in [1.165, 1.54) is 0 Å². The molecule has 0 unspecified atom stereocenters. The molecule has 128 valence electrons. The lowest BCUT2D eigenvalue weighted by atomic mass is 9.80. The highest BCUT2D eigenvalue weighted by molar-refractivity contribution is 6.18. The van der Waals surface area contributed by atoms with Crippen LogP contribution in [0.2, 0.25) is 0 Å². The predicted octanol–water partition coefficient (Wildman–Crippen LogP) is 3.63. The number of nitrogens with zero attached hydrogens (tertiary/aromatic N) is 1. The van der Waals surface area contributed by atoms with Crippen LogP contribution < -0.4 is 5.32 Å². The molecule has 2 atom stereocenters. The zero-order chi connectivity index (χ0) is 16.9. The smallest absolute Gasteiger partial charge is 0.235 e. The maximum atomic E-state index is 12.9. The Labute approximate surface area is 140 Å². The Morgan fingerprint density at radius 2 is 1.95 bits per heavy atom. The molecule has 0 fully saturated rings. The summed E-state index contributed by atoms with van der Waals surface area (Å²) in [7, 11) is 0. The summed E-state index contributed by atoms with van der Waals surface area (Å²) in [6.45, 7) is 13.0. The van der Waals surface area contributed by atoms with Crippen LogP contribution in [0.5, 0.6) is 0 Å². The van der Waals surface area contributed by atoms with Gasteiger partial charge in [-0.3, -0.25) is 4.79 Å². The van der Waals surface area contributed by atoms with Crippen molar-refractivity contribution in [3.63, 3.8) is 0 Å². The number of halogens is 1. The van der Waals surface area contributed by atoms with E-state index in [1.807, 2.05) is 13.8 Å². The first-order chi connectivity index (χ1) is 10.3. The van der Waals surface area contributed by atoms with Gasteiger partial charge in [-0.05, 0) is 24.7 Å². The molecule has 1 heterocycles. The van der Waals surface area contributed by atoms with E-state index in [0.29, 0.717) is 43.1 Å². The van der Waals surface area contributed by atoms with E-state index in [0.717, 1.165) is 0 Å². The summed E-state index contributed by atoms with van der Waals surface area (Å²) < 4.78 is 5.83. The van der Waals surface area contributed by atoms with Crippen molar-refractivity contribution in [2.24, 2.45) is 22.2 Å². The Kier molecular flexibility index (Phi) is 7.17. The van der Waals surface area contributed by atoms with Crippen LogP contribution >= 0.6 is 11.6 Å². The molecule has 1 N–H and O–H groups in total. The molecule has 0 radical (unpaired) electrons. The quantitative estimate of drug-likeness (QED) is 0.691. The van der Waals surface area contributed by atoms with Crippen molar-refractivity contribution >= 4 is 23.4 Å². The summed E-state index contributed by atoms with van der Waals surface area (Å²) >= 11 is 5.99. The Balaban J connectivity index is 3.00.